The van der Waals surface area contributed by atoms with Gasteiger partial charge in [0.2, 0.25) is 5.91 Å². The highest BCUT2D eigenvalue weighted by Crippen LogP contribution is 2.24. The number of carbonyl (C=O) groups excluding carboxylic acids is 3. The first-order valence-electron chi connectivity index (χ1n) is 11.9. The number of benzene rings is 2. The van der Waals surface area contributed by atoms with Gasteiger partial charge in [-0.05, 0) is 55.3 Å². The van der Waals surface area contributed by atoms with Crippen molar-refractivity contribution in [2.45, 2.75) is 31.5 Å². The molecule has 0 unspecified atom stereocenters. The van der Waals surface area contributed by atoms with E-state index in [1.165, 1.54) is 44.2 Å². The number of ether oxygens (including phenoxy) is 3. The molecule has 0 saturated heterocycles. The molecule has 206 valence electrons. The Kier molecular flexibility index (Phi) is 10.9. The van der Waals surface area contributed by atoms with E-state index in [-0.39, 0.29) is 22.6 Å². The topological polar surface area (TPSA) is 122 Å². The van der Waals surface area contributed by atoms with Gasteiger partial charge in [-0.1, -0.05) is 29.4 Å². The van der Waals surface area contributed by atoms with Crippen LogP contribution in [0.3, 0.4) is 0 Å². The molecule has 12 heteroatoms. The second-order valence-electron chi connectivity index (χ2n) is 8.24. The summed E-state index contributed by atoms with van der Waals surface area (Å²) >= 11 is 7.19. The molecule has 0 aliphatic carbocycles. The lowest BCUT2D eigenvalue weighted by Gasteiger charge is -2.12. The van der Waals surface area contributed by atoms with E-state index < -0.39 is 17.8 Å². The smallest absolute Gasteiger partial charge is 0.339 e. The molecule has 0 aliphatic rings. The van der Waals surface area contributed by atoms with Crippen LogP contribution in [0.25, 0.3) is 0 Å². The molecule has 3 rings (SSSR count). The third-order valence-electron chi connectivity index (χ3n) is 5.50. The summed E-state index contributed by atoms with van der Waals surface area (Å²) in [4.78, 5) is 36.8. The molecule has 10 nitrogen and oxygen atoms in total. The standard InChI is InChI=1S/C27H29ClN4O6S/c1-5-12-32-23(7-6-13-38-22-11-9-19(28)14-17(22)2)30-31-27(32)39-16-24(33)29-21-15-18(25(34)36-3)8-10-20(21)26(35)37-4/h5,8-11,14-15H,1,6-7,12-13,16H2,2-4H3,(H,29,33). The highest BCUT2D eigenvalue weighted by Gasteiger charge is 2.19. The zero-order valence-corrected chi connectivity index (χ0v) is 23.4. The number of esters is 2. The van der Waals surface area contributed by atoms with E-state index in [4.69, 9.17) is 25.8 Å². The number of aryl methyl sites for hydroxylation is 2. The third kappa shape index (κ3) is 8.08. The quantitative estimate of drug-likeness (QED) is 0.134. The van der Waals surface area contributed by atoms with E-state index in [1.54, 1.807) is 12.1 Å². The van der Waals surface area contributed by atoms with Crippen LogP contribution in [0, 0.1) is 6.92 Å². The van der Waals surface area contributed by atoms with Crippen LogP contribution in [-0.2, 0) is 27.2 Å². The van der Waals surface area contributed by atoms with Crippen LogP contribution >= 0.6 is 23.4 Å². The second-order valence-corrected chi connectivity index (χ2v) is 9.62. The van der Waals surface area contributed by atoms with Gasteiger partial charge < -0.3 is 24.1 Å². The Morgan fingerprint density at radius 3 is 2.56 bits per heavy atom. The number of nitrogens with one attached hydrogen (secondary N) is 1. The first-order chi connectivity index (χ1) is 18.8. The predicted molar refractivity (Wildman–Crippen MR) is 149 cm³/mol. The summed E-state index contributed by atoms with van der Waals surface area (Å²) in [7, 11) is 2.47. The van der Waals surface area contributed by atoms with Crippen molar-refractivity contribution in [3.05, 3.63) is 76.6 Å². The molecule has 0 bridgehead atoms. The predicted octanol–water partition coefficient (Wildman–Crippen LogP) is 4.74. The Labute approximate surface area is 235 Å². The lowest BCUT2D eigenvalue weighted by Crippen LogP contribution is -2.18. The number of rotatable bonds is 13. The average Bonchev–Trinajstić information content (AvgIpc) is 3.31. The van der Waals surface area contributed by atoms with Crippen molar-refractivity contribution in [1.29, 1.82) is 0 Å². The van der Waals surface area contributed by atoms with Gasteiger partial charge in [-0.3, -0.25) is 4.79 Å². The minimum absolute atomic E-state index is 0.0166. The van der Waals surface area contributed by atoms with Gasteiger partial charge >= 0.3 is 11.9 Å². The monoisotopic (exact) mass is 572 g/mol. The van der Waals surface area contributed by atoms with Gasteiger partial charge in [0.05, 0.1) is 43.4 Å². The number of halogens is 1. The Morgan fingerprint density at radius 1 is 1.10 bits per heavy atom. The lowest BCUT2D eigenvalue weighted by molar-refractivity contribution is -0.113. The Balaban J connectivity index is 1.62. The molecule has 3 aromatic rings. The molecular weight excluding hydrogens is 544 g/mol. The number of carbonyl (C=O) groups is 3. The van der Waals surface area contributed by atoms with Gasteiger partial charge in [0.25, 0.3) is 0 Å². The highest BCUT2D eigenvalue weighted by molar-refractivity contribution is 7.99. The number of hydrogen-bond acceptors (Lipinski definition) is 9. The summed E-state index contributed by atoms with van der Waals surface area (Å²) in [6.07, 6.45) is 3.05. The fraction of sp³-hybridized carbons (Fsp3) is 0.296. The van der Waals surface area contributed by atoms with E-state index in [1.807, 2.05) is 23.6 Å². The van der Waals surface area contributed by atoms with E-state index in [2.05, 4.69) is 22.1 Å². The molecule has 1 amide bonds. The van der Waals surface area contributed by atoms with Crippen LogP contribution in [0.4, 0.5) is 5.69 Å². The van der Waals surface area contributed by atoms with Crippen LogP contribution in [-0.4, -0.2) is 59.2 Å². The van der Waals surface area contributed by atoms with Crippen molar-refractivity contribution in [2.75, 3.05) is 31.9 Å². The van der Waals surface area contributed by atoms with Gasteiger partial charge in [-0.2, -0.15) is 0 Å². The minimum Gasteiger partial charge on any atom is -0.493 e. The molecule has 0 saturated carbocycles. The van der Waals surface area contributed by atoms with Crippen molar-refractivity contribution >= 4 is 46.9 Å². The van der Waals surface area contributed by atoms with Crippen LogP contribution in [0.15, 0.2) is 54.2 Å². The van der Waals surface area contributed by atoms with Gasteiger partial charge in [0.1, 0.15) is 11.6 Å². The fourth-order valence-corrected chi connectivity index (χ4v) is 4.60. The number of methoxy groups -OCH3 is 2. The lowest BCUT2D eigenvalue weighted by atomic mass is 10.1. The molecule has 0 fully saturated rings. The van der Waals surface area contributed by atoms with E-state index in [0.717, 1.165) is 17.1 Å². The summed E-state index contributed by atoms with van der Waals surface area (Å²) in [5.74, 6) is -0.157. The molecular formula is C27H29ClN4O6S. The van der Waals surface area contributed by atoms with E-state index in [9.17, 15) is 14.4 Å². The van der Waals surface area contributed by atoms with Gasteiger partial charge in [-0.15, -0.1) is 16.8 Å². The molecule has 0 radical (unpaired) electrons. The van der Waals surface area contributed by atoms with Crippen LogP contribution in [0.5, 0.6) is 5.75 Å². The Hall–Kier alpha value is -3.83. The second kappa shape index (κ2) is 14.4. The molecule has 1 heterocycles. The summed E-state index contributed by atoms with van der Waals surface area (Å²) in [6, 6.07) is 9.67. The van der Waals surface area contributed by atoms with Crippen molar-refractivity contribution < 1.29 is 28.6 Å². The third-order valence-corrected chi connectivity index (χ3v) is 6.70. The summed E-state index contributed by atoms with van der Waals surface area (Å²) in [5.41, 5.74) is 1.39. The molecule has 39 heavy (non-hydrogen) atoms. The number of amides is 1. The number of anilines is 1. The van der Waals surface area contributed by atoms with Crippen molar-refractivity contribution in [2.24, 2.45) is 0 Å². The number of hydrogen-bond donors (Lipinski definition) is 1. The first kappa shape index (κ1) is 29.7. The average molecular weight is 573 g/mol. The van der Waals surface area contributed by atoms with Crippen LogP contribution in [0.2, 0.25) is 5.02 Å². The summed E-state index contributed by atoms with van der Waals surface area (Å²) < 4.78 is 17.3. The summed E-state index contributed by atoms with van der Waals surface area (Å²) in [6.45, 7) is 6.70. The molecule has 1 aromatic heterocycles. The van der Waals surface area contributed by atoms with Gasteiger partial charge in [0, 0.05) is 18.0 Å². The molecule has 0 aliphatic heterocycles. The van der Waals surface area contributed by atoms with Gasteiger partial charge in [0.15, 0.2) is 5.16 Å². The molecule has 0 spiro atoms. The maximum atomic E-state index is 12.8. The van der Waals surface area contributed by atoms with Crippen LogP contribution < -0.4 is 10.1 Å². The molecule has 0 atom stereocenters. The van der Waals surface area contributed by atoms with E-state index >= 15 is 0 Å². The Bertz CT molecular complexity index is 1360. The van der Waals surface area contributed by atoms with Crippen molar-refractivity contribution in [1.82, 2.24) is 14.8 Å². The fourth-order valence-electron chi connectivity index (χ4n) is 3.61. The molecule has 1 N–H and O–H groups in total. The maximum Gasteiger partial charge on any atom is 0.339 e. The van der Waals surface area contributed by atoms with Gasteiger partial charge in [-0.25, -0.2) is 9.59 Å². The Morgan fingerprint density at radius 2 is 1.87 bits per heavy atom. The summed E-state index contributed by atoms with van der Waals surface area (Å²) in [5, 5.41) is 12.4. The van der Waals surface area contributed by atoms with Crippen molar-refractivity contribution in [3.8, 4) is 5.75 Å². The van der Waals surface area contributed by atoms with Crippen molar-refractivity contribution in [3.63, 3.8) is 0 Å². The first-order valence-corrected chi connectivity index (χ1v) is 13.3. The SMILES string of the molecule is C=CCn1c(CCCOc2ccc(Cl)cc2C)nnc1SCC(=O)Nc1cc(C(=O)OC)ccc1C(=O)OC. The highest BCUT2D eigenvalue weighted by atomic mass is 35.5. The maximum absolute atomic E-state index is 12.8. The number of aromatic nitrogens is 3. The van der Waals surface area contributed by atoms with E-state index in [0.29, 0.717) is 36.2 Å². The minimum atomic E-state index is -0.653. The zero-order chi connectivity index (χ0) is 28.4. The number of thioether (sulfide) groups is 1. The number of nitrogens with zero attached hydrogens (tertiary/aromatic N) is 3. The molecule has 2 aromatic carbocycles. The zero-order valence-electron chi connectivity index (χ0n) is 21.9. The largest absolute Gasteiger partial charge is 0.493 e. The normalized spacial score (nSPS) is 10.6. The number of allylic oxidation sites excluding steroid dienone is 1. The van der Waals surface area contributed by atoms with Crippen LogP contribution in [0.1, 0.15) is 38.5 Å².